The van der Waals surface area contributed by atoms with Gasteiger partial charge in [0.2, 0.25) is 17.6 Å². The molecule has 1 amide bonds. The number of esters is 1. The van der Waals surface area contributed by atoms with Crippen molar-refractivity contribution in [3.8, 4) is 0 Å². The SMILES string of the molecule is COC(=O)c1ccc(N2CC(CS)CC2=O)o1. The summed E-state index contributed by atoms with van der Waals surface area (Å²) in [5.74, 6) is 0.831. The second-order valence-corrected chi connectivity index (χ2v) is 4.25. The maximum atomic E-state index is 11.7. The van der Waals surface area contributed by atoms with Gasteiger partial charge < -0.3 is 9.15 Å². The van der Waals surface area contributed by atoms with Gasteiger partial charge in [-0.1, -0.05) is 0 Å². The Morgan fingerprint density at radius 2 is 2.41 bits per heavy atom. The lowest BCUT2D eigenvalue weighted by Crippen LogP contribution is -2.24. The molecule has 1 aromatic heterocycles. The van der Waals surface area contributed by atoms with Gasteiger partial charge in [0.1, 0.15) is 0 Å². The number of carbonyl (C=O) groups excluding carboxylic acids is 2. The lowest BCUT2D eigenvalue weighted by atomic mass is 10.1. The Labute approximate surface area is 104 Å². The summed E-state index contributed by atoms with van der Waals surface area (Å²) in [6.07, 6.45) is 0.470. The standard InChI is InChI=1S/C11H13NO4S/c1-15-11(14)8-2-3-10(16-8)12-5-7(6-17)4-9(12)13/h2-3,7,17H,4-6H2,1H3. The predicted octanol–water partition coefficient (Wildman–Crippen LogP) is 1.35. The maximum absolute atomic E-state index is 11.7. The lowest BCUT2D eigenvalue weighted by Gasteiger charge is -2.12. The molecule has 1 aromatic rings. The summed E-state index contributed by atoms with van der Waals surface area (Å²) >= 11 is 4.18. The fourth-order valence-corrected chi connectivity index (χ4v) is 2.04. The molecule has 1 saturated heterocycles. The number of methoxy groups -OCH3 is 1. The van der Waals surface area contributed by atoms with Crippen LogP contribution < -0.4 is 4.90 Å². The molecule has 5 nitrogen and oxygen atoms in total. The summed E-state index contributed by atoms with van der Waals surface area (Å²) in [7, 11) is 1.28. The zero-order valence-corrected chi connectivity index (χ0v) is 10.3. The van der Waals surface area contributed by atoms with Crippen LogP contribution in [0.2, 0.25) is 0 Å². The number of rotatable bonds is 3. The number of carbonyl (C=O) groups is 2. The van der Waals surface area contributed by atoms with Crippen LogP contribution in [0.3, 0.4) is 0 Å². The zero-order valence-electron chi connectivity index (χ0n) is 9.38. The van der Waals surface area contributed by atoms with Crippen molar-refractivity contribution in [3.63, 3.8) is 0 Å². The quantitative estimate of drug-likeness (QED) is 0.654. The minimum absolute atomic E-state index is 0.00480. The molecule has 2 rings (SSSR count). The van der Waals surface area contributed by atoms with E-state index >= 15 is 0 Å². The van der Waals surface area contributed by atoms with Crippen LogP contribution >= 0.6 is 12.6 Å². The Morgan fingerprint density at radius 3 is 3.00 bits per heavy atom. The van der Waals surface area contributed by atoms with Crippen LogP contribution in [0.4, 0.5) is 5.88 Å². The van der Waals surface area contributed by atoms with Crippen molar-refractivity contribution in [1.82, 2.24) is 0 Å². The van der Waals surface area contributed by atoms with E-state index in [0.29, 0.717) is 24.6 Å². The van der Waals surface area contributed by atoms with Gasteiger partial charge in [-0.3, -0.25) is 9.69 Å². The topological polar surface area (TPSA) is 59.8 Å². The first-order valence-electron chi connectivity index (χ1n) is 5.25. The Kier molecular flexibility index (Phi) is 3.42. The highest BCUT2D eigenvalue weighted by Gasteiger charge is 2.31. The van der Waals surface area contributed by atoms with Gasteiger partial charge in [-0.15, -0.1) is 0 Å². The van der Waals surface area contributed by atoms with Crippen LogP contribution in [-0.2, 0) is 9.53 Å². The van der Waals surface area contributed by atoms with Gasteiger partial charge in [-0.25, -0.2) is 4.79 Å². The third-order valence-corrected chi connectivity index (χ3v) is 3.22. The van der Waals surface area contributed by atoms with Crippen LogP contribution in [0.25, 0.3) is 0 Å². The summed E-state index contributed by atoms with van der Waals surface area (Å²) < 4.78 is 9.82. The average molecular weight is 255 g/mol. The molecule has 1 aliphatic heterocycles. The lowest BCUT2D eigenvalue weighted by molar-refractivity contribution is -0.117. The number of nitrogens with zero attached hydrogens (tertiary/aromatic N) is 1. The van der Waals surface area contributed by atoms with Crippen LogP contribution in [-0.4, -0.2) is 31.3 Å². The molecule has 0 radical (unpaired) electrons. The first-order chi connectivity index (χ1) is 8.15. The first kappa shape index (κ1) is 12.0. The molecular formula is C11H13NO4S. The summed E-state index contributed by atoms with van der Waals surface area (Å²) in [4.78, 5) is 24.5. The van der Waals surface area contributed by atoms with E-state index in [9.17, 15) is 9.59 Å². The largest absolute Gasteiger partial charge is 0.463 e. The minimum atomic E-state index is -0.548. The van der Waals surface area contributed by atoms with E-state index in [-0.39, 0.29) is 17.6 Å². The van der Waals surface area contributed by atoms with E-state index in [1.54, 1.807) is 6.07 Å². The Morgan fingerprint density at radius 1 is 1.65 bits per heavy atom. The molecular weight excluding hydrogens is 242 g/mol. The molecule has 1 atom stereocenters. The second-order valence-electron chi connectivity index (χ2n) is 3.89. The summed E-state index contributed by atoms with van der Waals surface area (Å²) in [6, 6.07) is 3.10. The van der Waals surface area contributed by atoms with E-state index in [1.807, 2.05) is 0 Å². The molecule has 2 heterocycles. The van der Waals surface area contributed by atoms with Crippen molar-refractivity contribution in [3.05, 3.63) is 17.9 Å². The molecule has 17 heavy (non-hydrogen) atoms. The predicted molar refractivity (Wildman–Crippen MR) is 64.4 cm³/mol. The summed E-state index contributed by atoms with van der Waals surface area (Å²) in [5, 5.41) is 0. The van der Waals surface area contributed by atoms with E-state index in [4.69, 9.17) is 4.42 Å². The van der Waals surface area contributed by atoms with Gasteiger partial charge in [-0.05, 0) is 17.7 Å². The number of hydrogen-bond acceptors (Lipinski definition) is 5. The molecule has 0 aromatic carbocycles. The maximum Gasteiger partial charge on any atom is 0.374 e. The first-order valence-corrected chi connectivity index (χ1v) is 5.88. The van der Waals surface area contributed by atoms with Crippen LogP contribution in [0, 0.1) is 5.92 Å². The van der Waals surface area contributed by atoms with Gasteiger partial charge in [-0.2, -0.15) is 12.6 Å². The third kappa shape index (κ3) is 2.31. The highest BCUT2D eigenvalue weighted by Crippen LogP contribution is 2.27. The van der Waals surface area contributed by atoms with E-state index in [1.165, 1.54) is 18.1 Å². The molecule has 0 saturated carbocycles. The van der Waals surface area contributed by atoms with Gasteiger partial charge in [0.25, 0.3) is 0 Å². The minimum Gasteiger partial charge on any atom is -0.463 e. The fourth-order valence-electron chi connectivity index (χ4n) is 1.80. The molecule has 92 valence electrons. The summed E-state index contributed by atoms with van der Waals surface area (Å²) in [6.45, 7) is 0.580. The van der Waals surface area contributed by atoms with Gasteiger partial charge in [0.05, 0.1) is 7.11 Å². The van der Waals surface area contributed by atoms with Crippen LogP contribution in [0.5, 0.6) is 0 Å². The van der Waals surface area contributed by atoms with Gasteiger partial charge in [0.15, 0.2) is 0 Å². The molecule has 1 aliphatic rings. The van der Waals surface area contributed by atoms with E-state index in [0.717, 1.165) is 0 Å². The van der Waals surface area contributed by atoms with Crippen molar-refractivity contribution in [2.75, 3.05) is 24.3 Å². The molecule has 0 aliphatic carbocycles. The molecule has 0 N–H and O–H groups in total. The Bertz CT molecular complexity index is 442. The smallest absolute Gasteiger partial charge is 0.374 e. The van der Waals surface area contributed by atoms with Crippen molar-refractivity contribution in [2.24, 2.45) is 5.92 Å². The van der Waals surface area contributed by atoms with Crippen molar-refractivity contribution >= 4 is 30.4 Å². The zero-order chi connectivity index (χ0) is 12.4. The Balaban J connectivity index is 2.15. The number of thiol groups is 1. The van der Waals surface area contributed by atoms with E-state index in [2.05, 4.69) is 17.4 Å². The number of furan rings is 1. The summed E-state index contributed by atoms with van der Waals surface area (Å²) in [5.41, 5.74) is 0. The van der Waals surface area contributed by atoms with Crippen LogP contribution in [0.1, 0.15) is 17.0 Å². The second kappa shape index (κ2) is 4.83. The van der Waals surface area contributed by atoms with Crippen LogP contribution in [0.15, 0.2) is 16.5 Å². The highest BCUT2D eigenvalue weighted by molar-refractivity contribution is 7.80. The molecule has 1 fully saturated rings. The number of hydrogen-bond donors (Lipinski definition) is 1. The van der Waals surface area contributed by atoms with Gasteiger partial charge >= 0.3 is 5.97 Å². The monoisotopic (exact) mass is 255 g/mol. The molecule has 0 spiro atoms. The van der Waals surface area contributed by atoms with Crippen molar-refractivity contribution in [2.45, 2.75) is 6.42 Å². The number of anilines is 1. The van der Waals surface area contributed by atoms with Gasteiger partial charge in [0, 0.05) is 19.0 Å². The highest BCUT2D eigenvalue weighted by atomic mass is 32.1. The molecule has 1 unspecified atom stereocenters. The number of ether oxygens (including phenoxy) is 1. The van der Waals surface area contributed by atoms with Crippen molar-refractivity contribution < 1.29 is 18.7 Å². The fraction of sp³-hybridized carbons (Fsp3) is 0.455. The molecule has 0 bridgehead atoms. The normalized spacial score (nSPS) is 19.8. The van der Waals surface area contributed by atoms with E-state index < -0.39 is 5.97 Å². The Hall–Kier alpha value is -1.43. The molecule has 6 heteroatoms. The number of amides is 1. The third-order valence-electron chi connectivity index (χ3n) is 2.71. The average Bonchev–Trinajstić information content (AvgIpc) is 2.94. The van der Waals surface area contributed by atoms with Crippen molar-refractivity contribution in [1.29, 1.82) is 0 Å².